The van der Waals surface area contributed by atoms with Crippen molar-refractivity contribution in [1.29, 1.82) is 5.26 Å². The molecule has 3 rings (SSSR count). The lowest BCUT2D eigenvalue weighted by molar-refractivity contribution is 0.276. The van der Waals surface area contributed by atoms with Crippen molar-refractivity contribution in [2.75, 3.05) is 23.5 Å². The number of nitrogens with one attached hydrogen (secondary N) is 2. The fourth-order valence-corrected chi connectivity index (χ4v) is 3.46. The van der Waals surface area contributed by atoms with Crippen molar-refractivity contribution >= 4 is 27.3 Å². The summed E-state index contributed by atoms with van der Waals surface area (Å²) in [6, 6.07) is 14.2. The normalized spacial score (nSPS) is 12.1. The van der Waals surface area contributed by atoms with Crippen LogP contribution in [0.3, 0.4) is 0 Å². The molecule has 3 aromatic rings. The zero-order valence-electron chi connectivity index (χ0n) is 15.9. The molecule has 0 fully saturated rings. The second-order valence-electron chi connectivity index (χ2n) is 6.40. The topological polar surface area (TPSA) is 128 Å². The summed E-state index contributed by atoms with van der Waals surface area (Å²) in [5.41, 5.74) is 1.20. The number of rotatable bonds is 7. The first kappa shape index (κ1) is 21.2. The van der Waals surface area contributed by atoms with E-state index in [1.807, 2.05) is 36.4 Å². The van der Waals surface area contributed by atoms with Crippen molar-refractivity contribution in [1.82, 2.24) is 9.97 Å². The maximum absolute atomic E-state index is 14.1. The molecule has 0 aliphatic carbocycles. The second kappa shape index (κ2) is 8.86. The Kier molecular flexibility index (Phi) is 6.25. The van der Waals surface area contributed by atoms with Gasteiger partial charge in [-0.25, -0.2) is 17.8 Å². The van der Waals surface area contributed by atoms with Gasteiger partial charge in [-0.3, -0.25) is 0 Å². The Hall–Kier alpha value is -3.55. The van der Waals surface area contributed by atoms with Crippen LogP contribution in [0.5, 0.6) is 0 Å². The molecule has 0 spiro atoms. The van der Waals surface area contributed by atoms with Crippen LogP contribution in [0.4, 0.5) is 21.8 Å². The molecule has 2 aromatic carbocycles. The summed E-state index contributed by atoms with van der Waals surface area (Å²) in [5, 5.41) is 24.9. The summed E-state index contributed by atoms with van der Waals surface area (Å²) in [6.45, 7) is -0.236. The summed E-state index contributed by atoms with van der Waals surface area (Å²) in [4.78, 5) is 7.86. The fraction of sp³-hybridized carbons (Fsp3) is 0.150. The van der Waals surface area contributed by atoms with Crippen molar-refractivity contribution in [3.05, 3.63) is 71.7 Å². The van der Waals surface area contributed by atoms with Crippen molar-refractivity contribution in [2.45, 2.75) is 10.9 Å². The van der Waals surface area contributed by atoms with E-state index >= 15 is 0 Å². The predicted octanol–water partition coefficient (Wildman–Crippen LogP) is 2.78. The minimum absolute atomic E-state index is 0.0627. The quantitative estimate of drug-likeness (QED) is 0.525. The smallest absolute Gasteiger partial charge is 0.229 e. The first-order valence-electron chi connectivity index (χ1n) is 8.78. The van der Waals surface area contributed by atoms with Gasteiger partial charge in [0, 0.05) is 11.9 Å². The van der Waals surface area contributed by atoms with E-state index in [1.165, 1.54) is 12.3 Å². The number of halogens is 1. The SMILES string of the molecule is CS(=O)(=O)c1ccc(Nc2ncc(C#N)c(N[C@H](CO)c3ccccc3)n2)cc1F. The highest BCUT2D eigenvalue weighted by Gasteiger charge is 2.16. The van der Waals surface area contributed by atoms with Gasteiger partial charge in [-0.15, -0.1) is 0 Å². The molecule has 1 heterocycles. The number of nitriles is 1. The van der Waals surface area contributed by atoms with Gasteiger partial charge in [0.05, 0.1) is 18.8 Å². The Balaban J connectivity index is 1.88. The standard InChI is InChI=1S/C20H18FN5O3S/c1-30(28,29)18-8-7-15(9-16(18)21)24-20-23-11-14(10-22)19(26-20)25-17(12-27)13-5-3-2-4-6-13/h2-9,11,17,27H,12H2,1H3,(H2,23,24,25,26)/t17-/m1/s1. The number of benzene rings is 2. The van der Waals surface area contributed by atoms with Gasteiger partial charge in [0.25, 0.3) is 0 Å². The third-order valence-electron chi connectivity index (χ3n) is 4.19. The van der Waals surface area contributed by atoms with E-state index in [1.54, 1.807) is 0 Å². The molecule has 0 saturated carbocycles. The summed E-state index contributed by atoms with van der Waals surface area (Å²) >= 11 is 0. The maximum atomic E-state index is 14.1. The average molecular weight is 427 g/mol. The Morgan fingerprint density at radius 3 is 2.57 bits per heavy atom. The van der Waals surface area contributed by atoms with Crippen LogP contribution >= 0.6 is 0 Å². The van der Waals surface area contributed by atoms with E-state index in [-0.39, 0.29) is 29.6 Å². The van der Waals surface area contributed by atoms with Crippen LogP contribution in [0.15, 0.2) is 59.6 Å². The van der Waals surface area contributed by atoms with Crippen LogP contribution in [0, 0.1) is 17.1 Å². The van der Waals surface area contributed by atoms with Crippen LogP contribution in [0.2, 0.25) is 0 Å². The molecule has 8 nitrogen and oxygen atoms in total. The third kappa shape index (κ3) is 4.89. The lowest BCUT2D eigenvalue weighted by Gasteiger charge is -2.18. The Labute approximate surface area is 173 Å². The summed E-state index contributed by atoms with van der Waals surface area (Å²) in [7, 11) is -3.69. The number of aliphatic hydroxyl groups excluding tert-OH is 1. The molecule has 1 aromatic heterocycles. The molecule has 0 unspecified atom stereocenters. The molecule has 0 amide bonds. The van der Waals surface area contributed by atoms with E-state index in [0.717, 1.165) is 24.0 Å². The van der Waals surface area contributed by atoms with Gasteiger partial charge in [0.1, 0.15) is 28.2 Å². The minimum atomic E-state index is -3.69. The van der Waals surface area contributed by atoms with Crippen LogP contribution in [0.25, 0.3) is 0 Å². The number of aliphatic hydroxyl groups is 1. The van der Waals surface area contributed by atoms with Crippen molar-refractivity contribution < 1.29 is 17.9 Å². The number of anilines is 3. The zero-order chi connectivity index (χ0) is 21.7. The first-order chi connectivity index (χ1) is 14.3. The Morgan fingerprint density at radius 1 is 1.23 bits per heavy atom. The molecule has 0 radical (unpaired) electrons. The fourth-order valence-electron chi connectivity index (χ4n) is 2.73. The van der Waals surface area contributed by atoms with Gasteiger partial charge < -0.3 is 15.7 Å². The molecule has 10 heteroatoms. The molecule has 1 atom stereocenters. The van der Waals surface area contributed by atoms with Gasteiger partial charge in [0.2, 0.25) is 5.95 Å². The molecule has 3 N–H and O–H groups in total. The molecule has 0 bridgehead atoms. The summed E-state index contributed by atoms with van der Waals surface area (Å²) in [5.74, 6) is -0.655. The van der Waals surface area contributed by atoms with Gasteiger partial charge in [-0.1, -0.05) is 30.3 Å². The van der Waals surface area contributed by atoms with Crippen molar-refractivity contribution in [3.8, 4) is 6.07 Å². The maximum Gasteiger partial charge on any atom is 0.229 e. The highest BCUT2D eigenvalue weighted by atomic mass is 32.2. The highest BCUT2D eigenvalue weighted by Crippen LogP contribution is 2.24. The molecular weight excluding hydrogens is 409 g/mol. The van der Waals surface area contributed by atoms with Crippen LogP contribution in [-0.2, 0) is 9.84 Å². The van der Waals surface area contributed by atoms with E-state index in [2.05, 4.69) is 20.6 Å². The van der Waals surface area contributed by atoms with E-state index in [9.17, 15) is 23.2 Å². The second-order valence-corrected chi connectivity index (χ2v) is 8.38. The minimum Gasteiger partial charge on any atom is -0.394 e. The van der Waals surface area contributed by atoms with Gasteiger partial charge >= 0.3 is 0 Å². The number of hydrogen-bond donors (Lipinski definition) is 3. The third-order valence-corrected chi connectivity index (χ3v) is 5.32. The van der Waals surface area contributed by atoms with Crippen molar-refractivity contribution in [3.63, 3.8) is 0 Å². The van der Waals surface area contributed by atoms with E-state index in [0.29, 0.717) is 0 Å². The van der Waals surface area contributed by atoms with Gasteiger partial charge in [-0.05, 0) is 23.8 Å². The zero-order valence-corrected chi connectivity index (χ0v) is 16.7. The first-order valence-corrected chi connectivity index (χ1v) is 10.7. The average Bonchev–Trinajstić information content (AvgIpc) is 2.72. The van der Waals surface area contributed by atoms with Gasteiger partial charge in [-0.2, -0.15) is 10.2 Å². The lowest BCUT2D eigenvalue weighted by atomic mass is 10.1. The Morgan fingerprint density at radius 2 is 1.97 bits per heavy atom. The van der Waals surface area contributed by atoms with Gasteiger partial charge in [0.15, 0.2) is 9.84 Å². The molecule has 0 saturated heterocycles. The highest BCUT2D eigenvalue weighted by molar-refractivity contribution is 7.90. The number of sulfone groups is 1. The molecule has 154 valence electrons. The van der Waals surface area contributed by atoms with Crippen LogP contribution in [0.1, 0.15) is 17.2 Å². The molecule has 0 aliphatic rings. The molecule has 30 heavy (non-hydrogen) atoms. The number of hydrogen-bond acceptors (Lipinski definition) is 8. The van der Waals surface area contributed by atoms with Crippen LogP contribution < -0.4 is 10.6 Å². The monoisotopic (exact) mass is 427 g/mol. The lowest BCUT2D eigenvalue weighted by Crippen LogP contribution is -2.17. The Bertz CT molecular complexity index is 1200. The summed E-state index contributed by atoms with van der Waals surface area (Å²) in [6.07, 6.45) is 2.21. The number of aromatic nitrogens is 2. The summed E-state index contributed by atoms with van der Waals surface area (Å²) < 4.78 is 37.2. The molecule has 0 aliphatic heterocycles. The van der Waals surface area contributed by atoms with Crippen LogP contribution in [-0.4, -0.2) is 36.4 Å². The largest absolute Gasteiger partial charge is 0.394 e. The van der Waals surface area contributed by atoms with Crippen molar-refractivity contribution in [2.24, 2.45) is 0 Å². The molecular formula is C20H18FN5O3S. The van der Waals surface area contributed by atoms with E-state index < -0.39 is 26.6 Å². The predicted molar refractivity (Wildman–Crippen MR) is 109 cm³/mol. The number of nitrogens with zero attached hydrogens (tertiary/aromatic N) is 3. The van der Waals surface area contributed by atoms with E-state index in [4.69, 9.17) is 0 Å².